The van der Waals surface area contributed by atoms with Crippen molar-refractivity contribution in [3.63, 3.8) is 0 Å². The molecule has 1 aliphatic rings. The normalized spacial score (nSPS) is 19.3. The number of nitrogens with zero attached hydrogens (tertiary/aromatic N) is 1. The molecule has 0 aromatic carbocycles. The van der Waals surface area contributed by atoms with Crippen LogP contribution < -0.4 is 5.32 Å². The number of rotatable bonds is 8. The summed E-state index contributed by atoms with van der Waals surface area (Å²) >= 11 is 0. The van der Waals surface area contributed by atoms with Gasteiger partial charge in [0.25, 0.3) is 0 Å². The summed E-state index contributed by atoms with van der Waals surface area (Å²) in [5.74, 6) is 2.10. The number of aliphatic hydroxyl groups excluding tert-OH is 1. The van der Waals surface area contributed by atoms with E-state index >= 15 is 0 Å². The maximum absolute atomic E-state index is 10.00. The van der Waals surface area contributed by atoms with Crippen LogP contribution in [0.3, 0.4) is 0 Å². The molecule has 2 N–H and O–H groups in total. The summed E-state index contributed by atoms with van der Waals surface area (Å²) in [5, 5.41) is 13.4. The van der Waals surface area contributed by atoms with Crippen LogP contribution in [0.1, 0.15) is 40.5 Å². The average Bonchev–Trinajstić information content (AvgIpc) is 2.75. The van der Waals surface area contributed by atoms with Crippen LogP contribution in [0.2, 0.25) is 0 Å². The monoisotopic (exact) mass is 256 g/mol. The highest BCUT2D eigenvalue weighted by atomic mass is 16.3. The van der Waals surface area contributed by atoms with E-state index in [1.54, 1.807) is 0 Å². The first-order chi connectivity index (χ1) is 8.50. The van der Waals surface area contributed by atoms with Gasteiger partial charge in [0.2, 0.25) is 0 Å². The zero-order valence-corrected chi connectivity index (χ0v) is 12.7. The Labute approximate surface area is 113 Å². The molecular weight excluding hydrogens is 224 g/mol. The van der Waals surface area contributed by atoms with E-state index in [9.17, 15) is 5.11 Å². The fraction of sp³-hybridized carbons (Fsp3) is 1.00. The van der Waals surface area contributed by atoms with Crippen LogP contribution in [0.4, 0.5) is 0 Å². The smallest absolute Gasteiger partial charge is 0.0791 e. The van der Waals surface area contributed by atoms with Gasteiger partial charge in [-0.25, -0.2) is 0 Å². The predicted molar refractivity (Wildman–Crippen MR) is 77.7 cm³/mol. The summed E-state index contributed by atoms with van der Waals surface area (Å²) < 4.78 is 0. The van der Waals surface area contributed by atoms with Crippen molar-refractivity contribution >= 4 is 0 Å². The highest BCUT2D eigenvalue weighted by Gasteiger charge is 2.18. The number of β-amino-alcohol motifs (C(OH)–C–C–N with tert-alkyl or cyclic N) is 1. The van der Waals surface area contributed by atoms with Gasteiger partial charge in [0.15, 0.2) is 0 Å². The lowest BCUT2D eigenvalue weighted by Gasteiger charge is -2.26. The Morgan fingerprint density at radius 2 is 1.56 bits per heavy atom. The first-order valence-electron chi connectivity index (χ1n) is 7.61. The second-order valence-electron chi connectivity index (χ2n) is 6.47. The minimum Gasteiger partial charge on any atom is -0.390 e. The van der Waals surface area contributed by atoms with E-state index < -0.39 is 0 Å². The van der Waals surface area contributed by atoms with Crippen LogP contribution in [-0.2, 0) is 0 Å². The van der Waals surface area contributed by atoms with Crippen LogP contribution in [0, 0.1) is 17.8 Å². The van der Waals surface area contributed by atoms with Crippen LogP contribution >= 0.6 is 0 Å². The molecule has 0 radical (unpaired) electrons. The Kier molecular flexibility index (Phi) is 7.20. The molecule has 0 saturated carbocycles. The van der Waals surface area contributed by atoms with Gasteiger partial charge in [-0.1, -0.05) is 27.7 Å². The molecule has 0 aliphatic carbocycles. The first-order valence-corrected chi connectivity index (χ1v) is 7.61. The highest BCUT2D eigenvalue weighted by Crippen LogP contribution is 2.19. The van der Waals surface area contributed by atoms with E-state index in [1.165, 1.54) is 12.8 Å². The molecule has 0 bridgehead atoms. The predicted octanol–water partition coefficient (Wildman–Crippen LogP) is 1.96. The van der Waals surface area contributed by atoms with Crippen LogP contribution in [-0.4, -0.2) is 48.8 Å². The molecule has 1 heterocycles. The largest absolute Gasteiger partial charge is 0.390 e. The Morgan fingerprint density at radius 1 is 1.00 bits per heavy atom. The fourth-order valence-corrected chi connectivity index (χ4v) is 2.99. The standard InChI is InChI=1S/C15H32N2O/c1-12(2)15(13(3)4)10-16-9-14(18)11-17-7-5-6-8-17/h12-16,18H,5-11H2,1-4H3. The summed E-state index contributed by atoms with van der Waals surface area (Å²) in [6.07, 6.45) is 2.37. The molecule has 0 spiro atoms. The summed E-state index contributed by atoms with van der Waals surface area (Å²) in [4.78, 5) is 2.37. The molecule has 18 heavy (non-hydrogen) atoms. The van der Waals surface area contributed by atoms with Crippen LogP contribution in [0.15, 0.2) is 0 Å². The van der Waals surface area contributed by atoms with E-state index in [4.69, 9.17) is 0 Å². The number of likely N-dealkylation sites (tertiary alicyclic amines) is 1. The summed E-state index contributed by atoms with van der Waals surface area (Å²) in [5.41, 5.74) is 0. The first kappa shape index (κ1) is 15.9. The molecule has 1 unspecified atom stereocenters. The van der Waals surface area contributed by atoms with Crippen molar-refractivity contribution in [2.75, 3.05) is 32.7 Å². The van der Waals surface area contributed by atoms with Gasteiger partial charge in [0.05, 0.1) is 6.10 Å². The van der Waals surface area contributed by atoms with Crippen molar-refractivity contribution in [3.05, 3.63) is 0 Å². The van der Waals surface area contributed by atoms with Crippen molar-refractivity contribution in [1.82, 2.24) is 10.2 Å². The molecule has 1 atom stereocenters. The van der Waals surface area contributed by atoms with Gasteiger partial charge in [-0.05, 0) is 50.2 Å². The fourth-order valence-electron chi connectivity index (χ4n) is 2.99. The second kappa shape index (κ2) is 8.13. The van der Waals surface area contributed by atoms with Gasteiger partial charge in [-0.2, -0.15) is 0 Å². The third-order valence-corrected chi connectivity index (χ3v) is 4.14. The van der Waals surface area contributed by atoms with Crippen molar-refractivity contribution < 1.29 is 5.11 Å². The lowest BCUT2D eigenvalue weighted by Crippen LogP contribution is -2.39. The van der Waals surface area contributed by atoms with Crippen molar-refractivity contribution in [1.29, 1.82) is 0 Å². The van der Waals surface area contributed by atoms with Crippen molar-refractivity contribution in [2.45, 2.75) is 46.6 Å². The number of hydrogen-bond donors (Lipinski definition) is 2. The van der Waals surface area contributed by atoms with Gasteiger partial charge in [0.1, 0.15) is 0 Å². The number of aliphatic hydroxyl groups is 1. The lowest BCUT2D eigenvalue weighted by atomic mass is 9.85. The third kappa shape index (κ3) is 5.68. The van der Waals surface area contributed by atoms with Gasteiger partial charge >= 0.3 is 0 Å². The molecule has 0 amide bonds. The molecule has 3 heteroatoms. The number of hydrogen-bond acceptors (Lipinski definition) is 3. The molecule has 3 nitrogen and oxygen atoms in total. The molecule has 0 aromatic heterocycles. The quantitative estimate of drug-likeness (QED) is 0.697. The minimum atomic E-state index is -0.219. The van der Waals surface area contributed by atoms with Crippen molar-refractivity contribution in [3.8, 4) is 0 Å². The summed E-state index contributed by atoms with van der Waals surface area (Å²) in [7, 11) is 0. The molecule has 1 aliphatic heterocycles. The average molecular weight is 256 g/mol. The molecule has 0 aromatic rings. The summed E-state index contributed by atoms with van der Waals surface area (Å²) in [6.45, 7) is 14.1. The summed E-state index contributed by atoms with van der Waals surface area (Å²) in [6, 6.07) is 0. The topological polar surface area (TPSA) is 35.5 Å². The van der Waals surface area contributed by atoms with Crippen LogP contribution in [0.25, 0.3) is 0 Å². The Bertz CT molecular complexity index is 205. The van der Waals surface area contributed by atoms with E-state index in [-0.39, 0.29) is 6.10 Å². The van der Waals surface area contributed by atoms with E-state index in [0.29, 0.717) is 17.8 Å². The van der Waals surface area contributed by atoms with Crippen LogP contribution in [0.5, 0.6) is 0 Å². The lowest BCUT2D eigenvalue weighted by molar-refractivity contribution is 0.120. The highest BCUT2D eigenvalue weighted by molar-refractivity contribution is 4.74. The SMILES string of the molecule is CC(C)C(CNCC(O)CN1CCCC1)C(C)C. The molecule has 1 fully saturated rings. The number of nitrogens with one attached hydrogen (secondary N) is 1. The molecule has 108 valence electrons. The zero-order valence-electron chi connectivity index (χ0n) is 12.7. The maximum atomic E-state index is 10.00. The van der Waals surface area contributed by atoms with Gasteiger partial charge in [0, 0.05) is 13.1 Å². The van der Waals surface area contributed by atoms with Gasteiger partial charge in [-0.15, -0.1) is 0 Å². The molecule has 1 saturated heterocycles. The molecule has 1 rings (SSSR count). The second-order valence-corrected chi connectivity index (χ2v) is 6.47. The van der Waals surface area contributed by atoms with E-state index in [2.05, 4.69) is 37.9 Å². The Balaban J connectivity index is 2.15. The van der Waals surface area contributed by atoms with E-state index in [1.807, 2.05) is 0 Å². The van der Waals surface area contributed by atoms with E-state index in [0.717, 1.165) is 32.7 Å². The van der Waals surface area contributed by atoms with Crippen molar-refractivity contribution in [2.24, 2.45) is 17.8 Å². The molecular formula is C15H32N2O. The van der Waals surface area contributed by atoms with Gasteiger partial charge in [-0.3, -0.25) is 0 Å². The minimum absolute atomic E-state index is 0.219. The Morgan fingerprint density at radius 3 is 2.06 bits per heavy atom. The third-order valence-electron chi connectivity index (χ3n) is 4.14. The zero-order chi connectivity index (χ0) is 13.5. The Hall–Kier alpha value is -0.120. The van der Waals surface area contributed by atoms with Gasteiger partial charge < -0.3 is 15.3 Å². The maximum Gasteiger partial charge on any atom is 0.0791 e.